The van der Waals surface area contributed by atoms with E-state index in [0.717, 1.165) is 13.1 Å². The Bertz CT molecular complexity index is 335. The van der Waals surface area contributed by atoms with Gasteiger partial charge in [-0.2, -0.15) is 0 Å². The van der Waals surface area contributed by atoms with Crippen molar-refractivity contribution in [3.63, 3.8) is 0 Å². The molecular formula is C13H20N2. The minimum atomic E-state index is 0.540. The molecule has 1 aliphatic heterocycles. The van der Waals surface area contributed by atoms with Crippen LogP contribution in [0, 0.1) is 5.92 Å². The van der Waals surface area contributed by atoms with Crippen LogP contribution in [-0.4, -0.2) is 19.1 Å². The van der Waals surface area contributed by atoms with E-state index in [1.165, 1.54) is 17.7 Å². The van der Waals surface area contributed by atoms with Crippen molar-refractivity contribution in [1.29, 1.82) is 0 Å². The number of rotatable bonds is 3. The third kappa shape index (κ3) is 1.86. The molecule has 0 saturated carbocycles. The summed E-state index contributed by atoms with van der Waals surface area (Å²) in [7, 11) is 0. The number of anilines is 1. The van der Waals surface area contributed by atoms with Crippen LogP contribution < -0.4 is 10.6 Å². The van der Waals surface area contributed by atoms with Gasteiger partial charge in [-0.25, -0.2) is 0 Å². The number of fused-ring (bicyclic) bond motifs is 1. The molecule has 1 aliphatic rings. The van der Waals surface area contributed by atoms with Gasteiger partial charge in [0.25, 0.3) is 0 Å². The quantitative estimate of drug-likeness (QED) is 0.816. The zero-order valence-corrected chi connectivity index (χ0v) is 9.61. The first kappa shape index (κ1) is 10.5. The summed E-state index contributed by atoms with van der Waals surface area (Å²) in [5.41, 5.74) is 8.62. The first-order chi connectivity index (χ1) is 7.24. The van der Waals surface area contributed by atoms with Crippen LogP contribution in [0.3, 0.4) is 0 Å². The fourth-order valence-corrected chi connectivity index (χ4v) is 2.29. The average molecular weight is 204 g/mol. The highest BCUT2D eigenvalue weighted by Gasteiger charge is 2.25. The van der Waals surface area contributed by atoms with Gasteiger partial charge in [0, 0.05) is 18.3 Å². The zero-order chi connectivity index (χ0) is 10.8. The van der Waals surface area contributed by atoms with E-state index in [4.69, 9.17) is 5.73 Å². The summed E-state index contributed by atoms with van der Waals surface area (Å²) < 4.78 is 0. The molecule has 0 spiro atoms. The molecular weight excluding hydrogens is 184 g/mol. The molecule has 1 heterocycles. The average Bonchev–Trinajstić information content (AvgIpc) is 2.70. The van der Waals surface area contributed by atoms with Crippen molar-refractivity contribution in [2.75, 3.05) is 18.0 Å². The Morgan fingerprint density at radius 3 is 2.80 bits per heavy atom. The maximum Gasteiger partial charge on any atom is 0.0402 e. The standard InChI is InChI=1S/C13H20N2/c1-10(9-14)11(2)15-8-7-12-5-3-4-6-13(12)15/h3-6,10-11H,7-9,14H2,1-2H3. The summed E-state index contributed by atoms with van der Waals surface area (Å²) >= 11 is 0. The molecule has 2 nitrogen and oxygen atoms in total. The van der Waals surface area contributed by atoms with Gasteiger partial charge < -0.3 is 10.6 Å². The predicted molar refractivity (Wildman–Crippen MR) is 65.2 cm³/mol. The highest BCUT2D eigenvalue weighted by molar-refractivity contribution is 5.58. The SMILES string of the molecule is CC(CN)C(C)N1CCc2ccccc21. The van der Waals surface area contributed by atoms with Gasteiger partial charge in [-0.3, -0.25) is 0 Å². The van der Waals surface area contributed by atoms with E-state index in [1.54, 1.807) is 0 Å². The van der Waals surface area contributed by atoms with Crippen molar-refractivity contribution in [2.45, 2.75) is 26.3 Å². The summed E-state index contributed by atoms with van der Waals surface area (Å²) in [4.78, 5) is 2.49. The lowest BCUT2D eigenvalue weighted by Crippen LogP contribution is -2.39. The maximum absolute atomic E-state index is 5.73. The number of nitrogens with two attached hydrogens (primary N) is 1. The molecule has 2 atom stereocenters. The fraction of sp³-hybridized carbons (Fsp3) is 0.538. The smallest absolute Gasteiger partial charge is 0.0402 e. The lowest BCUT2D eigenvalue weighted by Gasteiger charge is -2.31. The van der Waals surface area contributed by atoms with Gasteiger partial charge in [0.1, 0.15) is 0 Å². The van der Waals surface area contributed by atoms with Crippen LogP contribution in [-0.2, 0) is 6.42 Å². The molecule has 0 radical (unpaired) electrons. The lowest BCUT2D eigenvalue weighted by molar-refractivity contribution is 0.465. The van der Waals surface area contributed by atoms with Crippen molar-refractivity contribution in [1.82, 2.24) is 0 Å². The molecule has 1 aromatic carbocycles. The monoisotopic (exact) mass is 204 g/mol. The highest BCUT2D eigenvalue weighted by Crippen LogP contribution is 2.30. The third-order valence-electron chi connectivity index (χ3n) is 3.61. The van der Waals surface area contributed by atoms with Crippen LogP contribution in [0.4, 0.5) is 5.69 Å². The van der Waals surface area contributed by atoms with Gasteiger partial charge in [0.2, 0.25) is 0 Å². The van der Waals surface area contributed by atoms with E-state index >= 15 is 0 Å². The fourth-order valence-electron chi connectivity index (χ4n) is 2.29. The van der Waals surface area contributed by atoms with E-state index in [1.807, 2.05) is 0 Å². The number of para-hydroxylation sites is 1. The second-order valence-corrected chi connectivity index (χ2v) is 4.53. The van der Waals surface area contributed by atoms with Crippen LogP contribution >= 0.6 is 0 Å². The largest absolute Gasteiger partial charge is 0.368 e. The molecule has 0 fully saturated rings. The zero-order valence-electron chi connectivity index (χ0n) is 9.61. The minimum Gasteiger partial charge on any atom is -0.368 e. The van der Waals surface area contributed by atoms with E-state index < -0.39 is 0 Å². The topological polar surface area (TPSA) is 29.3 Å². The first-order valence-corrected chi connectivity index (χ1v) is 5.78. The highest BCUT2D eigenvalue weighted by atomic mass is 15.2. The van der Waals surface area contributed by atoms with E-state index in [0.29, 0.717) is 12.0 Å². The molecule has 2 rings (SSSR count). The van der Waals surface area contributed by atoms with Crippen molar-refractivity contribution in [2.24, 2.45) is 11.7 Å². The summed E-state index contributed by atoms with van der Waals surface area (Å²) in [6.45, 7) is 6.41. The van der Waals surface area contributed by atoms with Crippen molar-refractivity contribution in [3.8, 4) is 0 Å². The van der Waals surface area contributed by atoms with Crippen LogP contribution in [0.15, 0.2) is 24.3 Å². The second-order valence-electron chi connectivity index (χ2n) is 4.53. The van der Waals surface area contributed by atoms with Gasteiger partial charge in [-0.15, -0.1) is 0 Å². The number of hydrogen-bond donors (Lipinski definition) is 1. The van der Waals surface area contributed by atoms with Crippen LogP contribution in [0.25, 0.3) is 0 Å². The molecule has 0 saturated heterocycles. The Balaban J connectivity index is 2.20. The van der Waals surface area contributed by atoms with Crippen molar-refractivity contribution < 1.29 is 0 Å². The molecule has 2 unspecified atom stereocenters. The first-order valence-electron chi connectivity index (χ1n) is 5.78. The van der Waals surface area contributed by atoms with E-state index in [2.05, 4.69) is 43.0 Å². The molecule has 0 aromatic heterocycles. The third-order valence-corrected chi connectivity index (χ3v) is 3.61. The van der Waals surface area contributed by atoms with Gasteiger partial charge in [-0.1, -0.05) is 25.1 Å². The van der Waals surface area contributed by atoms with Gasteiger partial charge in [0.15, 0.2) is 0 Å². The molecule has 15 heavy (non-hydrogen) atoms. The van der Waals surface area contributed by atoms with Crippen molar-refractivity contribution >= 4 is 5.69 Å². The Kier molecular flexibility index (Phi) is 2.96. The molecule has 2 heteroatoms. The molecule has 0 amide bonds. The Morgan fingerprint density at radius 1 is 1.33 bits per heavy atom. The van der Waals surface area contributed by atoms with Gasteiger partial charge in [0.05, 0.1) is 0 Å². The number of hydrogen-bond acceptors (Lipinski definition) is 2. The predicted octanol–water partition coefficient (Wildman–Crippen LogP) is 2.03. The Hall–Kier alpha value is -1.02. The lowest BCUT2D eigenvalue weighted by atomic mass is 10.0. The minimum absolute atomic E-state index is 0.540. The normalized spacial score (nSPS) is 18.7. The van der Waals surface area contributed by atoms with Crippen molar-refractivity contribution in [3.05, 3.63) is 29.8 Å². The maximum atomic E-state index is 5.73. The molecule has 82 valence electrons. The summed E-state index contributed by atoms with van der Waals surface area (Å²) in [5, 5.41) is 0. The van der Waals surface area contributed by atoms with Crippen LogP contribution in [0.5, 0.6) is 0 Å². The molecule has 0 bridgehead atoms. The summed E-state index contributed by atoms with van der Waals surface area (Å²) in [6.07, 6.45) is 1.18. The molecule has 2 N–H and O–H groups in total. The van der Waals surface area contributed by atoms with Gasteiger partial charge >= 0.3 is 0 Å². The molecule has 1 aromatic rings. The summed E-state index contributed by atoms with van der Waals surface area (Å²) in [6, 6.07) is 9.24. The molecule has 0 aliphatic carbocycles. The van der Waals surface area contributed by atoms with Crippen LogP contribution in [0.2, 0.25) is 0 Å². The van der Waals surface area contributed by atoms with E-state index in [-0.39, 0.29) is 0 Å². The van der Waals surface area contributed by atoms with E-state index in [9.17, 15) is 0 Å². The number of nitrogens with zero attached hydrogens (tertiary/aromatic N) is 1. The Morgan fingerprint density at radius 2 is 2.07 bits per heavy atom. The van der Waals surface area contributed by atoms with Crippen LogP contribution in [0.1, 0.15) is 19.4 Å². The summed E-state index contributed by atoms with van der Waals surface area (Å²) in [5.74, 6) is 0.552. The second kappa shape index (κ2) is 4.23. The Labute approximate surface area is 92.1 Å². The number of benzene rings is 1. The van der Waals surface area contributed by atoms with Gasteiger partial charge in [-0.05, 0) is 37.4 Å².